The molecule has 0 saturated heterocycles. The molecular formula is C25H21N5O3. The maximum absolute atomic E-state index is 13.0. The van der Waals surface area contributed by atoms with E-state index >= 15 is 0 Å². The third-order valence-corrected chi connectivity index (χ3v) is 5.56. The average Bonchev–Trinajstić information content (AvgIpc) is 3.34. The first-order valence-electron chi connectivity index (χ1n) is 10.5. The number of carbonyl (C=O) groups is 2. The molecule has 0 saturated carbocycles. The molecular weight excluding hydrogens is 418 g/mol. The van der Waals surface area contributed by atoms with Gasteiger partial charge in [0.05, 0.1) is 0 Å². The fourth-order valence-electron chi connectivity index (χ4n) is 3.81. The summed E-state index contributed by atoms with van der Waals surface area (Å²) in [4.78, 5) is 30.3. The van der Waals surface area contributed by atoms with Crippen molar-refractivity contribution in [1.29, 1.82) is 0 Å². The van der Waals surface area contributed by atoms with E-state index in [1.165, 1.54) is 16.6 Å². The van der Waals surface area contributed by atoms with Crippen molar-refractivity contribution in [3.05, 3.63) is 95.8 Å². The monoisotopic (exact) mass is 439 g/mol. The molecule has 0 radical (unpaired) electrons. The van der Waals surface area contributed by atoms with Crippen LogP contribution in [0.15, 0.2) is 79.1 Å². The van der Waals surface area contributed by atoms with E-state index in [1.807, 2.05) is 24.3 Å². The second kappa shape index (κ2) is 8.58. The van der Waals surface area contributed by atoms with Crippen LogP contribution in [0.5, 0.6) is 11.5 Å². The molecule has 0 bridgehead atoms. The first-order valence-corrected chi connectivity index (χ1v) is 10.5. The van der Waals surface area contributed by atoms with Crippen molar-refractivity contribution in [3.8, 4) is 22.9 Å². The van der Waals surface area contributed by atoms with Crippen LogP contribution in [0.1, 0.15) is 21.5 Å². The lowest BCUT2D eigenvalue weighted by molar-refractivity contribution is 0.1000. The number of primary amides is 1. The van der Waals surface area contributed by atoms with Crippen LogP contribution in [0.4, 0.5) is 4.79 Å². The van der Waals surface area contributed by atoms with Gasteiger partial charge in [0.25, 0.3) is 0 Å². The first-order chi connectivity index (χ1) is 16.1. The minimum absolute atomic E-state index is 0.204. The predicted octanol–water partition coefficient (Wildman–Crippen LogP) is 3.86. The van der Waals surface area contributed by atoms with Crippen LogP contribution in [0.2, 0.25) is 0 Å². The number of rotatable bonds is 4. The van der Waals surface area contributed by atoms with Crippen molar-refractivity contribution >= 4 is 11.9 Å². The van der Waals surface area contributed by atoms with E-state index in [9.17, 15) is 9.59 Å². The Labute approximate surface area is 190 Å². The van der Waals surface area contributed by atoms with Gasteiger partial charge in [0.15, 0.2) is 5.82 Å². The molecule has 2 heterocycles. The third-order valence-electron chi connectivity index (χ3n) is 5.56. The van der Waals surface area contributed by atoms with Gasteiger partial charge in [0, 0.05) is 24.2 Å². The van der Waals surface area contributed by atoms with Gasteiger partial charge in [-0.3, -0.25) is 4.79 Å². The predicted molar refractivity (Wildman–Crippen MR) is 122 cm³/mol. The van der Waals surface area contributed by atoms with Gasteiger partial charge in [-0.2, -0.15) is 4.68 Å². The Morgan fingerprint density at radius 3 is 2.48 bits per heavy atom. The smallest absolute Gasteiger partial charge is 0.346 e. The molecule has 0 atom stereocenters. The zero-order chi connectivity index (χ0) is 22.8. The van der Waals surface area contributed by atoms with E-state index < -0.39 is 5.91 Å². The van der Waals surface area contributed by atoms with E-state index in [2.05, 4.69) is 22.2 Å². The van der Waals surface area contributed by atoms with Gasteiger partial charge in [-0.25, -0.2) is 9.78 Å². The third kappa shape index (κ3) is 4.31. The number of amides is 2. The summed E-state index contributed by atoms with van der Waals surface area (Å²) in [6, 6.07) is 21.8. The molecule has 0 unspecified atom stereocenters. The van der Waals surface area contributed by atoms with Gasteiger partial charge >= 0.3 is 6.03 Å². The molecule has 164 valence electrons. The summed E-state index contributed by atoms with van der Waals surface area (Å²) >= 11 is 0. The Kier molecular flexibility index (Phi) is 5.32. The average molecular weight is 439 g/mol. The van der Waals surface area contributed by atoms with Crippen molar-refractivity contribution in [2.24, 2.45) is 5.73 Å². The lowest BCUT2D eigenvalue weighted by Gasteiger charge is -2.28. The zero-order valence-corrected chi connectivity index (χ0v) is 17.7. The van der Waals surface area contributed by atoms with Gasteiger partial charge in [0.1, 0.15) is 17.8 Å². The SMILES string of the molecule is NC(=O)c1ccc(Oc2cccc(-c3ncn(C(=O)N4CCc5ccccc5C4)n3)c2)cc1. The summed E-state index contributed by atoms with van der Waals surface area (Å²) in [5.41, 5.74) is 8.84. The zero-order valence-electron chi connectivity index (χ0n) is 17.7. The molecule has 2 amide bonds. The molecule has 1 aromatic heterocycles. The molecule has 0 fully saturated rings. The molecule has 0 aliphatic carbocycles. The number of aromatic nitrogens is 3. The van der Waals surface area contributed by atoms with Crippen LogP contribution >= 0.6 is 0 Å². The van der Waals surface area contributed by atoms with Crippen LogP contribution in [-0.4, -0.2) is 38.1 Å². The topological polar surface area (TPSA) is 103 Å². The van der Waals surface area contributed by atoms with E-state index in [-0.39, 0.29) is 6.03 Å². The summed E-state index contributed by atoms with van der Waals surface area (Å²) in [7, 11) is 0. The standard InChI is InChI=1S/C25H21N5O3/c26-23(31)18-8-10-21(11-9-18)33-22-7-3-6-19(14-22)24-27-16-30(28-24)25(32)29-13-12-17-4-1-2-5-20(17)15-29/h1-11,14,16H,12-13,15H2,(H2,26,31). The van der Waals surface area contributed by atoms with E-state index in [0.717, 1.165) is 17.5 Å². The second-order valence-electron chi connectivity index (χ2n) is 7.75. The highest BCUT2D eigenvalue weighted by Crippen LogP contribution is 2.26. The van der Waals surface area contributed by atoms with Gasteiger partial charge in [-0.15, -0.1) is 5.10 Å². The minimum atomic E-state index is -0.492. The van der Waals surface area contributed by atoms with Crippen molar-refractivity contribution in [3.63, 3.8) is 0 Å². The van der Waals surface area contributed by atoms with Gasteiger partial charge < -0.3 is 15.4 Å². The molecule has 3 aromatic carbocycles. The normalized spacial score (nSPS) is 12.8. The summed E-state index contributed by atoms with van der Waals surface area (Å²) in [5.74, 6) is 1.08. The van der Waals surface area contributed by atoms with E-state index in [1.54, 1.807) is 41.3 Å². The largest absolute Gasteiger partial charge is 0.457 e. The molecule has 8 heteroatoms. The van der Waals surface area contributed by atoms with Gasteiger partial charge in [0.2, 0.25) is 5.91 Å². The summed E-state index contributed by atoms with van der Waals surface area (Å²) in [5, 5.41) is 4.40. The van der Waals surface area contributed by atoms with Crippen molar-refractivity contribution in [2.45, 2.75) is 13.0 Å². The van der Waals surface area contributed by atoms with Gasteiger partial charge in [-0.05, 0) is 53.9 Å². The van der Waals surface area contributed by atoms with Crippen molar-refractivity contribution in [1.82, 2.24) is 19.7 Å². The second-order valence-corrected chi connectivity index (χ2v) is 7.75. The summed E-state index contributed by atoms with van der Waals surface area (Å²) < 4.78 is 7.15. The Morgan fingerprint density at radius 2 is 1.70 bits per heavy atom. The fourth-order valence-corrected chi connectivity index (χ4v) is 3.81. The Hall–Kier alpha value is -4.46. The van der Waals surface area contributed by atoms with E-state index in [0.29, 0.717) is 36.0 Å². The van der Waals surface area contributed by atoms with Crippen LogP contribution in [0.25, 0.3) is 11.4 Å². The Morgan fingerprint density at radius 1 is 0.909 bits per heavy atom. The maximum atomic E-state index is 13.0. The quantitative estimate of drug-likeness (QED) is 0.520. The number of fused-ring (bicyclic) bond motifs is 1. The molecule has 33 heavy (non-hydrogen) atoms. The number of nitrogens with zero attached hydrogens (tertiary/aromatic N) is 4. The highest BCUT2D eigenvalue weighted by atomic mass is 16.5. The number of ether oxygens (including phenoxy) is 1. The molecule has 0 spiro atoms. The number of nitrogens with two attached hydrogens (primary N) is 1. The number of hydrogen-bond acceptors (Lipinski definition) is 5. The minimum Gasteiger partial charge on any atom is -0.457 e. The van der Waals surface area contributed by atoms with Crippen LogP contribution in [0.3, 0.4) is 0 Å². The molecule has 8 nitrogen and oxygen atoms in total. The Bertz CT molecular complexity index is 1330. The molecule has 2 N–H and O–H groups in total. The summed E-state index contributed by atoms with van der Waals surface area (Å²) in [6.45, 7) is 1.20. The van der Waals surface area contributed by atoms with Crippen LogP contribution in [0, 0.1) is 0 Å². The van der Waals surface area contributed by atoms with Crippen LogP contribution in [-0.2, 0) is 13.0 Å². The molecule has 1 aliphatic heterocycles. The number of hydrogen-bond donors (Lipinski definition) is 1. The van der Waals surface area contributed by atoms with Crippen LogP contribution < -0.4 is 10.5 Å². The number of benzene rings is 3. The molecule has 4 aromatic rings. The van der Waals surface area contributed by atoms with E-state index in [4.69, 9.17) is 10.5 Å². The van der Waals surface area contributed by atoms with Crippen molar-refractivity contribution in [2.75, 3.05) is 6.54 Å². The van der Waals surface area contributed by atoms with Crippen molar-refractivity contribution < 1.29 is 14.3 Å². The molecule has 5 rings (SSSR count). The van der Waals surface area contributed by atoms with Gasteiger partial charge in [-0.1, -0.05) is 36.4 Å². The highest BCUT2D eigenvalue weighted by molar-refractivity contribution is 5.92. The first kappa shape index (κ1) is 20.4. The fraction of sp³-hybridized carbons (Fsp3) is 0.120. The number of carbonyl (C=O) groups excluding carboxylic acids is 2. The lowest BCUT2D eigenvalue weighted by Crippen LogP contribution is -2.38. The summed E-state index contributed by atoms with van der Waals surface area (Å²) in [6.07, 6.45) is 2.26. The lowest BCUT2D eigenvalue weighted by atomic mass is 10.0. The Balaban J connectivity index is 1.31. The molecule has 1 aliphatic rings. The highest BCUT2D eigenvalue weighted by Gasteiger charge is 2.22. The maximum Gasteiger partial charge on any atom is 0.346 e.